The Morgan fingerprint density at radius 1 is 1.38 bits per heavy atom. The third kappa shape index (κ3) is 6.30. The predicted octanol–water partition coefficient (Wildman–Crippen LogP) is 3.32. The van der Waals surface area contributed by atoms with Gasteiger partial charge in [-0.15, -0.1) is 0 Å². The minimum atomic E-state index is -1.02. The molecule has 0 spiro atoms. The van der Waals surface area contributed by atoms with Crippen LogP contribution < -0.4 is 0 Å². The minimum Gasteiger partial charge on any atom is -0.292 e. The molecular weight excluding hydrogens is 212 g/mol. The molecule has 0 radical (unpaired) electrons. The van der Waals surface area contributed by atoms with Crippen LogP contribution in [0.2, 0.25) is 19.6 Å². The molecular formula is C13H20N2Si. The number of nitrogens with zero attached hydrogens (tertiary/aromatic N) is 2. The van der Waals surface area contributed by atoms with Gasteiger partial charge in [-0.2, -0.15) is 0 Å². The average molecular weight is 232 g/mol. The molecule has 0 aliphatic rings. The fourth-order valence-corrected chi connectivity index (χ4v) is 2.08. The van der Waals surface area contributed by atoms with Crippen molar-refractivity contribution in [1.82, 2.24) is 4.98 Å². The van der Waals surface area contributed by atoms with Crippen molar-refractivity contribution in [2.45, 2.75) is 26.1 Å². The summed E-state index contributed by atoms with van der Waals surface area (Å²) < 4.78 is 0. The van der Waals surface area contributed by atoms with Crippen LogP contribution in [0.1, 0.15) is 12.0 Å². The van der Waals surface area contributed by atoms with Crippen LogP contribution in [0.5, 0.6) is 0 Å². The van der Waals surface area contributed by atoms with Crippen molar-refractivity contribution in [3.63, 3.8) is 0 Å². The molecule has 0 saturated heterocycles. The van der Waals surface area contributed by atoms with E-state index in [4.69, 9.17) is 0 Å². The van der Waals surface area contributed by atoms with E-state index in [0.29, 0.717) is 0 Å². The molecule has 0 atom stereocenters. The SMILES string of the molecule is C[Si](C)(C)C=CCCN=Cc1cccnc1. The molecule has 0 aromatic carbocycles. The third-order valence-corrected chi connectivity index (χ3v) is 3.20. The summed E-state index contributed by atoms with van der Waals surface area (Å²) in [6, 6.07) is 3.93. The highest BCUT2D eigenvalue weighted by Crippen LogP contribution is 2.02. The lowest BCUT2D eigenvalue weighted by Gasteiger charge is -2.07. The number of hydrogen-bond donors (Lipinski definition) is 0. The fourth-order valence-electron chi connectivity index (χ4n) is 1.21. The van der Waals surface area contributed by atoms with Gasteiger partial charge in [-0.1, -0.05) is 37.5 Å². The van der Waals surface area contributed by atoms with Gasteiger partial charge in [-0.3, -0.25) is 9.98 Å². The Hall–Kier alpha value is -1.22. The monoisotopic (exact) mass is 232 g/mol. The molecule has 0 unspecified atom stereocenters. The highest BCUT2D eigenvalue weighted by atomic mass is 28.3. The van der Waals surface area contributed by atoms with E-state index in [1.54, 1.807) is 6.20 Å². The Bertz CT molecular complexity index is 350. The quantitative estimate of drug-likeness (QED) is 0.434. The Labute approximate surface area is 99.2 Å². The number of pyridine rings is 1. The first-order valence-electron chi connectivity index (χ1n) is 5.65. The molecule has 0 saturated carbocycles. The van der Waals surface area contributed by atoms with E-state index in [-0.39, 0.29) is 0 Å². The molecule has 0 aliphatic heterocycles. The van der Waals surface area contributed by atoms with E-state index in [9.17, 15) is 0 Å². The smallest absolute Gasteiger partial charge is 0.0682 e. The maximum absolute atomic E-state index is 4.36. The number of aromatic nitrogens is 1. The van der Waals surface area contributed by atoms with Gasteiger partial charge in [0.1, 0.15) is 0 Å². The van der Waals surface area contributed by atoms with Gasteiger partial charge in [-0.05, 0) is 12.5 Å². The van der Waals surface area contributed by atoms with Crippen molar-refractivity contribution in [3.05, 3.63) is 41.9 Å². The zero-order valence-electron chi connectivity index (χ0n) is 10.4. The molecule has 1 heterocycles. The molecule has 16 heavy (non-hydrogen) atoms. The summed E-state index contributed by atoms with van der Waals surface area (Å²) in [6.45, 7) is 7.86. The maximum atomic E-state index is 4.36. The molecule has 1 aromatic heterocycles. The normalized spacial score (nSPS) is 12.7. The second-order valence-electron chi connectivity index (χ2n) is 4.88. The van der Waals surface area contributed by atoms with E-state index in [0.717, 1.165) is 18.5 Å². The molecule has 1 rings (SSSR count). The first kappa shape index (κ1) is 12.8. The van der Waals surface area contributed by atoms with E-state index in [2.05, 4.69) is 41.4 Å². The highest BCUT2D eigenvalue weighted by Gasteiger charge is 2.05. The molecule has 3 heteroatoms. The summed E-state index contributed by atoms with van der Waals surface area (Å²) in [6.07, 6.45) is 8.76. The minimum absolute atomic E-state index is 0.857. The summed E-state index contributed by atoms with van der Waals surface area (Å²) in [4.78, 5) is 8.39. The summed E-state index contributed by atoms with van der Waals surface area (Å²) in [5.74, 6) is 0. The van der Waals surface area contributed by atoms with Crippen LogP contribution in [0.3, 0.4) is 0 Å². The Morgan fingerprint density at radius 3 is 2.81 bits per heavy atom. The van der Waals surface area contributed by atoms with Gasteiger partial charge in [0.05, 0.1) is 8.07 Å². The lowest BCUT2D eigenvalue weighted by molar-refractivity contribution is 1.01. The Balaban J connectivity index is 2.26. The summed E-state index contributed by atoms with van der Waals surface area (Å²) in [7, 11) is -1.02. The van der Waals surface area contributed by atoms with Gasteiger partial charge in [0.25, 0.3) is 0 Å². The summed E-state index contributed by atoms with van der Waals surface area (Å²) in [5.41, 5.74) is 3.43. The number of aliphatic imine (C=N–C) groups is 1. The summed E-state index contributed by atoms with van der Waals surface area (Å²) >= 11 is 0. The first-order chi connectivity index (χ1) is 7.58. The molecule has 0 amide bonds. The first-order valence-corrected chi connectivity index (χ1v) is 9.23. The second-order valence-corrected chi connectivity index (χ2v) is 9.94. The van der Waals surface area contributed by atoms with E-state index in [1.165, 1.54) is 0 Å². The molecule has 0 N–H and O–H groups in total. The molecule has 0 aliphatic carbocycles. The zero-order valence-corrected chi connectivity index (χ0v) is 11.4. The van der Waals surface area contributed by atoms with Gasteiger partial charge in [-0.25, -0.2) is 0 Å². The van der Waals surface area contributed by atoms with Crippen molar-refractivity contribution < 1.29 is 0 Å². The topological polar surface area (TPSA) is 25.2 Å². The van der Waals surface area contributed by atoms with Crippen LogP contribution in [0, 0.1) is 0 Å². The van der Waals surface area contributed by atoms with Gasteiger partial charge < -0.3 is 0 Å². The van der Waals surface area contributed by atoms with E-state index >= 15 is 0 Å². The standard InChI is InChI=1S/C13H20N2Si/c1-16(2,3)10-5-4-8-14-11-13-7-6-9-15-12-13/h5-7,9-12H,4,8H2,1-3H3. The average Bonchev–Trinajstić information content (AvgIpc) is 2.23. The lowest BCUT2D eigenvalue weighted by atomic mass is 10.3. The van der Waals surface area contributed by atoms with Crippen LogP contribution in [0.15, 0.2) is 41.3 Å². The molecule has 2 nitrogen and oxygen atoms in total. The van der Waals surface area contributed by atoms with Crippen molar-refractivity contribution in [1.29, 1.82) is 0 Å². The van der Waals surface area contributed by atoms with Crippen molar-refractivity contribution in [2.24, 2.45) is 4.99 Å². The van der Waals surface area contributed by atoms with Crippen LogP contribution in [-0.2, 0) is 0 Å². The number of rotatable bonds is 5. The van der Waals surface area contributed by atoms with E-state index < -0.39 is 8.07 Å². The molecule has 0 fully saturated rings. The van der Waals surface area contributed by atoms with Crippen molar-refractivity contribution >= 4 is 14.3 Å². The number of hydrogen-bond acceptors (Lipinski definition) is 2. The van der Waals surface area contributed by atoms with Gasteiger partial charge in [0, 0.05) is 30.7 Å². The third-order valence-electron chi connectivity index (χ3n) is 1.97. The second kappa shape index (κ2) is 6.38. The largest absolute Gasteiger partial charge is 0.292 e. The van der Waals surface area contributed by atoms with Crippen molar-refractivity contribution in [3.8, 4) is 0 Å². The fraction of sp³-hybridized carbons (Fsp3) is 0.385. The van der Waals surface area contributed by atoms with Gasteiger partial charge in [0.15, 0.2) is 0 Å². The van der Waals surface area contributed by atoms with Crippen LogP contribution in [0.25, 0.3) is 0 Å². The van der Waals surface area contributed by atoms with Crippen LogP contribution in [0.4, 0.5) is 0 Å². The predicted molar refractivity (Wildman–Crippen MR) is 73.8 cm³/mol. The van der Waals surface area contributed by atoms with Crippen molar-refractivity contribution in [2.75, 3.05) is 6.54 Å². The molecule has 86 valence electrons. The zero-order chi connectivity index (χ0) is 11.9. The van der Waals surface area contributed by atoms with Crippen LogP contribution in [-0.4, -0.2) is 25.8 Å². The molecule has 0 bridgehead atoms. The highest BCUT2D eigenvalue weighted by molar-refractivity contribution is 6.80. The Morgan fingerprint density at radius 2 is 2.19 bits per heavy atom. The maximum Gasteiger partial charge on any atom is 0.0682 e. The molecule has 1 aromatic rings. The van der Waals surface area contributed by atoms with Gasteiger partial charge >= 0.3 is 0 Å². The lowest BCUT2D eigenvalue weighted by Crippen LogP contribution is -2.15. The Kier molecular flexibility index (Phi) is 5.12. The van der Waals surface area contributed by atoms with E-state index in [1.807, 2.05) is 24.5 Å². The van der Waals surface area contributed by atoms with Crippen LogP contribution >= 0.6 is 0 Å². The van der Waals surface area contributed by atoms with Gasteiger partial charge in [0.2, 0.25) is 0 Å². The summed E-state index contributed by atoms with van der Waals surface area (Å²) in [5, 5.41) is 0.